The molecule has 0 spiro atoms. The van der Waals surface area contributed by atoms with E-state index in [2.05, 4.69) is 20.8 Å². The van der Waals surface area contributed by atoms with Crippen LogP contribution in [-0.2, 0) is 16.6 Å². The summed E-state index contributed by atoms with van der Waals surface area (Å²) in [5.41, 5.74) is 1.84. The summed E-state index contributed by atoms with van der Waals surface area (Å²) in [6.07, 6.45) is 1.80. The molecule has 0 unspecified atom stereocenters. The van der Waals surface area contributed by atoms with Gasteiger partial charge >= 0.3 is 0 Å². The van der Waals surface area contributed by atoms with Crippen LogP contribution in [0.4, 0.5) is 0 Å². The number of aldehydes is 1. The molecule has 3 nitrogen and oxygen atoms in total. The average Bonchev–Trinajstić information content (AvgIpc) is 2.26. The van der Waals surface area contributed by atoms with Crippen LogP contribution in [0.3, 0.4) is 0 Å². The van der Waals surface area contributed by atoms with Gasteiger partial charge in [0, 0.05) is 6.42 Å². The molecule has 0 bridgehead atoms. The van der Waals surface area contributed by atoms with Gasteiger partial charge < -0.3 is 14.6 Å². The minimum Gasteiger partial charge on any atom is -0.504 e. The zero-order valence-electron chi connectivity index (χ0n) is 10.9. The van der Waals surface area contributed by atoms with Crippen molar-refractivity contribution in [2.24, 2.45) is 0 Å². The summed E-state index contributed by atoms with van der Waals surface area (Å²) < 4.78 is 5.16. The summed E-state index contributed by atoms with van der Waals surface area (Å²) in [4.78, 5) is 10.4. The first-order valence-corrected chi connectivity index (χ1v) is 5.74. The molecule has 1 rings (SSSR count). The van der Waals surface area contributed by atoms with E-state index < -0.39 is 0 Å². The van der Waals surface area contributed by atoms with E-state index in [1.807, 2.05) is 12.1 Å². The number of rotatable bonds is 4. The molecule has 1 aromatic carbocycles. The number of ether oxygens (including phenoxy) is 1. The first-order chi connectivity index (χ1) is 7.90. The van der Waals surface area contributed by atoms with Crippen molar-refractivity contribution in [3.63, 3.8) is 0 Å². The van der Waals surface area contributed by atoms with Crippen molar-refractivity contribution in [1.82, 2.24) is 0 Å². The largest absolute Gasteiger partial charge is 0.504 e. The maximum Gasteiger partial charge on any atom is 0.161 e. The van der Waals surface area contributed by atoms with Crippen molar-refractivity contribution in [2.75, 3.05) is 7.11 Å². The fraction of sp³-hybridized carbons (Fsp3) is 0.500. The molecule has 0 saturated carbocycles. The second kappa shape index (κ2) is 5.21. The second-order valence-corrected chi connectivity index (χ2v) is 5.14. The molecule has 0 atom stereocenters. The van der Waals surface area contributed by atoms with E-state index in [1.165, 1.54) is 7.11 Å². The summed E-state index contributed by atoms with van der Waals surface area (Å²) in [5, 5.41) is 9.96. The van der Waals surface area contributed by atoms with Crippen LogP contribution >= 0.6 is 0 Å². The lowest BCUT2D eigenvalue weighted by Crippen LogP contribution is -2.12. The van der Waals surface area contributed by atoms with Gasteiger partial charge in [0.05, 0.1) is 7.11 Å². The second-order valence-electron chi connectivity index (χ2n) is 5.14. The number of carbonyl (C=O) groups excluding carboxylic acids is 1. The van der Waals surface area contributed by atoms with Crippen molar-refractivity contribution in [2.45, 2.75) is 39.0 Å². The van der Waals surface area contributed by atoms with Crippen LogP contribution in [0.15, 0.2) is 12.1 Å². The van der Waals surface area contributed by atoms with Crippen molar-refractivity contribution >= 4 is 6.29 Å². The zero-order chi connectivity index (χ0) is 13.1. The van der Waals surface area contributed by atoms with E-state index in [9.17, 15) is 9.90 Å². The van der Waals surface area contributed by atoms with Gasteiger partial charge in [0.1, 0.15) is 6.29 Å². The fourth-order valence-corrected chi connectivity index (χ4v) is 1.66. The Bertz CT molecular complexity index is 403. The lowest BCUT2D eigenvalue weighted by Gasteiger charge is -2.21. The Morgan fingerprint density at radius 3 is 2.47 bits per heavy atom. The van der Waals surface area contributed by atoms with E-state index in [0.717, 1.165) is 17.4 Å². The maximum atomic E-state index is 10.4. The maximum absolute atomic E-state index is 10.4. The Labute approximate surface area is 102 Å². The Kier molecular flexibility index (Phi) is 4.16. The third-order valence-electron chi connectivity index (χ3n) is 2.77. The molecule has 0 aliphatic carbocycles. The van der Waals surface area contributed by atoms with E-state index >= 15 is 0 Å². The highest BCUT2D eigenvalue weighted by molar-refractivity contribution is 5.54. The van der Waals surface area contributed by atoms with Crippen LogP contribution in [0.1, 0.15) is 38.3 Å². The number of hydrogen-bond acceptors (Lipinski definition) is 3. The van der Waals surface area contributed by atoms with Gasteiger partial charge in [-0.05, 0) is 29.0 Å². The average molecular weight is 236 g/mol. The van der Waals surface area contributed by atoms with Gasteiger partial charge in [0.15, 0.2) is 11.5 Å². The summed E-state index contributed by atoms with van der Waals surface area (Å²) in [6, 6.07) is 3.79. The van der Waals surface area contributed by atoms with Crippen LogP contribution in [0.5, 0.6) is 11.5 Å². The number of methoxy groups -OCH3 is 1. The molecule has 94 valence electrons. The van der Waals surface area contributed by atoms with Gasteiger partial charge in [-0.25, -0.2) is 0 Å². The van der Waals surface area contributed by atoms with E-state index in [-0.39, 0.29) is 11.2 Å². The molecule has 0 heterocycles. The van der Waals surface area contributed by atoms with Crippen LogP contribution in [0, 0.1) is 0 Å². The number of carbonyl (C=O) groups is 1. The Morgan fingerprint density at radius 1 is 1.35 bits per heavy atom. The van der Waals surface area contributed by atoms with E-state index in [1.54, 1.807) is 0 Å². The Morgan fingerprint density at radius 2 is 2.00 bits per heavy atom. The van der Waals surface area contributed by atoms with Crippen LogP contribution in [0.25, 0.3) is 0 Å². The summed E-state index contributed by atoms with van der Waals surface area (Å²) in [7, 11) is 1.53. The van der Waals surface area contributed by atoms with Crippen LogP contribution in [-0.4, -0.2) is 18.5 Å². The molecule has 1 aromatic rings. The molecule has 0 amide bonds. The third kappa shape index (κ3) is 3.22. The lowest BCUT2D eigenvalue weighted by atomic mass is 9.85. The van der Waals surface area contributed by atoms with Crippen LogP contribution in [0.2, 0.25) is 0 Å². The zero-order valence-corrected chi connectivity index (χ0v) is 10.9. The normalized spacial score (nSPS) is 11.3. The molecule has 0 aromatic heterocycles. The SMILES string of the molecule is COc1cc(C(C)(C)C)cc(CCC=O)c1O. The highest BCUT2D eigenvalue weighted by atomic mass is 16.5. The minimum absolute atomic E-state index is 0.0170. The van der Waals surface area contributed by atoms with Gasteiger partial charge in [-0.1, -0.05) is 26.8 Å². The molecular formula is C14H20O3. The topological polar surface area (TPSA) is 46.5 Å². The molecule has 0 fully saturated rings. The molecule has 0 aliphatic rings. The molecule has 17 heavy (non-hydrogen) atoms. The summed E-state index contributed by atoms with van der Waals surface area (Å²) in [6.45, 7) is 6.30. The first-order valence-electron chi connectivity index (χ1n) is 5.74. The smallest absolute Gasteiger partial charge is 0.161 e. The fourth-order valence-electron chi connectivity index (χ4n) is 1.66. The van der Waals surface area contributed by atoms with Crippen molar-refractivity contribution in [3.05, 3.63) is 23.3 Å². The quantitative estimate of drug-likeness (QED) is 0.818. The van der Waals surface area contributed by atoms with Gasteiger partial charge in [0.25, 0.3) is 0 Å². The number of aryl methyl sites for hydroxylation is 1. The lowest BCUT2D eigenvalue weighted by molar-refractivity contribution is -0.107. The molecule has 1 N–H and O–H groups in total. The van der Waals surface area contributed by atoms with Crippen molar-refractivity contribution in [1.29, 1.82) is 0 Å². The third-order valence-corrected chi connectivity index (χ3v) is 2.77. The highest BCUT2D eigenvalue weighted by Crippen LogP contribution is 2.36. The molecule has 0 radical (unpaired) electrons. The molecular weight excluding hydrogens is 216 g/mol. The van der Waals surface area contributed by atoms with Gasteiger partial charge in [-0.2, -0.15) is 0 Å². The van der Waals surface area contributed by atoms with Crippen LogP contribution < -0.4 is 4.74 Å². The monoisotopic (exact) mass is 236 g/mol. The minimum atomic E-state index is -0.0170. The van der Waals surface area contributed by atoms with Gasteiger partial charge in [-0.3, -0.25) is 0 Å². The molecule has 3 heteroatoms. The first kappa shape index (κ1) is 13.6. The number of phenolic OH excluding ortho intramolecular Hbond substituents is 1. The van der Waals surface area contributed by atoms with Gasteiger partial charge in [0.2, 0.25) is 0 Å². The van der Waals surface area contributed by atoms with E-state index in [4.69, 9.17) is 4.74 Å². The number of aromatic hydroxyl groups is 1. The predicted octanol–water partition coefficient (Wildman–Crippen LogP) is 2.83. The highest BCUT2D eigenvalue weighted by Gasteiger charge is 2.18. The standard InChI is InChI=1S/C14H20O3/c1-14(2,3)11-8-10(6-5-7-15)13(16)12(9-11)17-4/h7-9,16H,5-6H2,1-4H3. The number of benzene rings is 1. The predicted molar refractivity (Wildman–Crippen MR) is 67.7 cm³/mol. The summed E-state index contributed by atoms with van der Waals surface area (Å²) in [5.74, 6) is 0.612. The Hall–Kier alpha value is -1.51. The molecule has 0 aliphatic heterocycles. The van der Waals surface area contributed by atoms with Crippen molar-refractivity contribution in [3.8, 4) is 11.5 Å². The van der Waals surface area contributed by atoms with E-state index in [0.29, 0.717) is 18.6 Å². The van der Waals surface area contributed by atoms with Gasteiger partial charge in [-0.15, -0.1) is 0 Å². The number of hydrogen-bond donors (Lipinski definition) is 1. The Balaban J connectivity index is 3.23. The van der Waals surface area contributed by atoms with Crippen molar-refractivity contribution < 1.29 is 14.6 Å². The number of phenols is 1. The summed E-state index contributed by atoms with van der Waals surface area (Å²) >= 11 is 0. The molecule has 0 saturated heterocycles.